The van der Waals surface area contributed by atoms with Crippen LogP contribution < -0.4 is 9.80 Å². The van der Waals surface area contributed by atoms with E-state index in [0.717, 1.165) is 37.6 Å². The second-order valence-electron chi connectivity index (χ2n) is 6.08. The highest BCUT2D eigenvalue weighted by Gasteiger charge is 2.19. The summed E-state index contributed by atoms with van der Waals surface area (Å²) in [6.45, 7) is 11.4. The largest absolute Gasteiger partial charge is 0.507 e. The summed E-state index contributed by atoms with van der Waals surface area (Å²) in [6.07, 6.45) is 0. The van der Waals surface area contributed by atoms with Gasteiger partial charge in [-0.1, -0.05) is 0 Å². The minimum atomic E-state index is -0.391. The van der Waals surface area contributed by atoms with Crippen LogP contribution in [0.25, 0.3) is 0 Å². The molecule has 26 heavy (non-hydrogen) atoms. The van der Waals surface area contributed by atoms with Gasteiger partial charge in [0.1, 0.15) is 11.5 Å². The van der Waals surface area contributed by atoms with Crippen molar-refractivity contribution in [1.29, 1.82) is 0 Å². The molecule has 0 aliphatic heterocycles. The third-order valence-electron chi connectivity index (χ3n) is 4.71. The average Bonchev–Trinajstić information content (AvgIpc) is 2.63. The van der Waals surface area contributed by atoms with Crippen molar-refractivity contribution in [1.82, 2.24) is 0 Å². The molecule has 2 N–H and O–H groups in total. The molecule has 0 saturated carbocycles. The molecule has 0 bridgehead atoms. The number of anilines is 2. The van der Waals surface area contributed by atoms with Gasteiger partial charge < -0.3 is 20.0 Å². The van der Waals surface area contributed by atoms with Crippen LogP contribution in [-0.2, 0) is 0 Å². The molecule has 0 aliphatic carbocycles. The Bertz CT molecular complexity index is 702. The lowest BCUT2D eigenvalue weighted by atomic mass is 10.0. The van der Waals surface area contributed by atoms with Gasteiger partial charge in [-0.15, -0.1) is 0 Å². The number of ketones is 1. The number of phenols is 2. The highest BCUT2D eigenvalue weighted by molar-refractivity contribution is 6.12. The van der Waals surface area contributed by atoms with E-state index in [2.05, 4.69) is 9.80 Å². The summed E-state index contributed by atoms with van der Waals surface area (Å²) < 4.78 is 0. The number of nitrogens with zero attached hydrogens (tertiary/aromatic N) is 2. The zero-order chi connectivity index (χ0) is 19.3. The molecule has 2 aromatic rings. The van der Waals surface area contributed by atoms with Crippen LogP contribution in [0.15, 0.2) is 36.4 Å². The molecule has 140 valence electrons. The molecule has 0 spiro atoms. The normalized spacial score (nSPS) is 10.6. The number of benzene rings is 2. The van der Waals surface area contributed by atoms with Gasteiger partial charge in [-0.25, -0.2) is 0 Å². The number of carbonyl (C=O) groups is 1. The van der Waals surface area contributed by atoms with E-state index < -0.39 is 5.78 Å². The first-order valence-electron chi connectivity index (χ1n) is 9.17. The van der Waals surface area contributed by atoms with E-state index in [1.54, 1.807) is 24.3 Å². The van der Waals surface area contributed by atoms with Crippen molar-refractivity contribution in [3.05, 3.63) is 47.5 Å². The van der Waals surface area contributed by atoms with Crippen molar-refractivity contribution >= 4 is 17.2 Å². The van der Waals surface area contributed by atoms with E-state index in [4.69, 9.17) is 0 Å². The lowest BCUT2D eigenvalue weighted by molar-refractivity contribution is 0.103. The summed E-state index contributed by atoms with van der Waals surface area (Å²) in [4.78, 5) is 17.0. The van der Waals surface area contributed by atoms with Crippen LogP contribution >= 0.6 is 0 Å². The molecule has 0 aliphatic rings. The minimum absolute atomic E-state index is 0.0772. The fourth-order valence-corrected chi connectivity index (χ4v) is 3.14. The summed E-state index contributed by atoms with van der Waals surface area (Å²) in [5.41, 5.74) is 2.11. The molecule has 0 radical (unpaired) electrons. The number of phenolic OH excluding ortho intramolecular Hbond substituents is 2. The zero-order valence-corrected chi connectivity index (χ0v) is 16.0. The molecule has 0 atom stereocenters. The predicted octanol–water partition coefficient (Wildman–Crippen LogP) is 4.02. The van der Waals surface area contributed by atoms with Crippen LogP contribution in [0, 0.1) is 0 Å². The Morgan fingerprint density at radius 1 is 0.731 bits per heavy atom. The van der Waals surface area contributed by atoms with Gasteiger partial charge in [0, 0.05) is 49.7 Å². The van der Waals surface area contributed by atoms with Crippen LogP contribution in [0.3, 0.4) is 0 Å². The van der Waals surface area contributed by atoms with Crippen molar-refractivity contribution in [2.75, 3.05) is 36.0 Å². The first-order chi connectivity index (χ1) is 12.5. The Hall–Kier alpha value is -2.69. The quantitative estimate of drug-likeness (QED) is 0.700. The molecule has 0 aromatic heterocycles. The maximum Gasteiger partial charge on any atom is 0.200 e. The summed E-state index contributed by atoms with van der Waals surface area (Å²) in [5.74, 6) is -0.546. The molecule has 5 nitrogen and oxygen atoms in total. The van der Waals surface area contributed by atoms with E-state index in [0.29, 0.717) is 0 Å². The van der Waals surface area contributed by atoms with Crippen LogP contribution in [0.4, 0.5) is 11.4 Å². The molecular formula is C21H28N2O3. The highest BCUT2D eigenvalue weighted by atomic mass is 16.3. The van der Waals surface area contributed by atoms with Gasteiger partial charge in [-0.2, -0.15) is 0 Å². The molecule has 0 saturated heterocycles. The van der Waals surface area contributed by atoms with Crippen molar-refractivity contribution in [2.24, 2.45) is 0 Å². The Labute approximate surface area is 155 Å². The second kappa shape index (κ2) is 8.61. The first-order valence-corrected chi connectivity index (χ1v) is 9.17. The van der Waals surface area contributed by atoms with Crippen molar-refractivity contribution in [3.63, 3.8) is 0 Å². The SMILES string of the molecule is CCN(CC)c1ccc(C(=O)c2ccc(N(CC)CC)cc2O)c(O)c1. The van der Waals surface area contributed by atoms with E-state index >= 15 is 0 Å². The Morgan fingerprint density at radius 2 is 1.08 bits per heavy atom. The highest BCUT2D eigenvalue weighted by Crippen LogP contribution is 2.31. The van der Waals surface area contributed by atoms with Crippen molar-refractivity contribution in [3.8, 4) is 11.5 Å². The van der Waals surface area contributed by atoms with Gasteiger partial charge in [-0.05, 0) is 52.0 Å². The maximum atomic E-state index is 12.8. The topological polar surface area (TPSA) is 64.0 Å². The van der Waals surface area contributed by atoms with Crippen LogP contribution in [0.5, 0.6) is 11.5 Å². The number of rotatable bonds is 8. The van der Waals surface area contributed by atoms with Gasteiger partial charge in [0.25, 0.3) is 0 Å². The smallest absolute Gasteiger partial charge is 0.200 e. The van der Waals surface area contributed by atoms with E-state index in [1.165, 1.54) is 0 Å². The molecule has 0 unspecified atom stereocenters. The van der Waals surface area contributed by atoms with Crippen molar-refractivity contribution < 1.29 is 15.0 Å². The zero-order valence-electron chi connectivity index (χ0n) is 16.0. The fraction of sp³-hybridized carbons (Fsp3) is 0.381. The molecule has 0 fully saturated rings. The van der Waals surface area contributed by atoms with Gasteiger partial charge in [0.2, 0.25) is 0 Å². The molecular weight excluding hydrogens is 328 g/mol. The standard InChI is InChI=1S/C21H28N2O3/c1-5-22(6-2)15-9-11-17(19(24)13-15)21(26)18-12-10-16(14-20(18)25)23(7-3)8-4/h9-14,24-25H,5-8H2,1-4H3. The minimum Gasteiger partial charge on any atom is -0.507 e. The molecule has 5 heteroatoms. The Morgan fingerprint density at radius 3 is 1.35 bits per heavy atom. The Kier molecular flexibility index (Phi) is 6.50. The summed E-state index contributed by atoms with van der Waals surface area (Å²) >= 11 is 0. The van der Waals surface area contributed by atoms with Crippen LogP contribution in [0.1, 0.15) is 43.6 Å². The number of carbonyl (C=O) groups excluding carboxylic acids is 1. The lowest BCUT2D eigenvalue weighted by Crippen LogP contribution is -2.22. The van der Waals surface area contributed by atoms with Crippen molar-refractivity contribution in [2.45, 2.75) is 27.7 Å². The predicted molar refractivity (Wildman–Crippen MR) is 107 cm³/mol. The third kappa shape index (κ3) is 3.93. The Balaban J connectivity index is 2.34. The monoisotopic (exact) mass is 356 g/mol. The van der Waals surface area contributed by atoms with Gasteiger partial charge in [-0.3, -0.25) is 4.79 Å². The first kappa shape index (κ1) is 19.6. The second-order valence-corrected chi connectivity index (χ2v) is 6.08. The van der Waals surface area contributed by atoms with Gasteiger partial charge in [0.05, 0.1) is 11.1 Å². The number of aromatic hydroxyl groups is 2. The third-order valence-corrected chi connectivity index (χ3v) is 4.71. The molecule has 0 amide bonds. The van der Waals surface area contributed by atoms with Crippen LogP contribution in [-0.4, -0.2) is 42.2 Å². The molecule has 0 heterocycles. The van der Waals surface area contributed by atoms with Gasteiger partial charge in [0.15, 0.2) is 5.78 Å². The molecule has 2 rings (SSSR count). The van der Waals surface area contributed by atoms with E-state index in [-0.39, 0.29) is 22.6 Å². The van der Waals surface area contributed by atoms with E-state index in [1.807, 2.05) is 39.8 Å². The maximum absolute atomic E-state index is 12.8. The summed E-state index contributed by atoms with van der Waals surface area (Å²) in [5, 5.41) is 20.7. The summed E-state index contributed by atoms with van der Waals surface area (Å²) in [7, 11) is 0. The fourth-order valence-electron chi connectivity index (χ4n) is 3.14. The van der Waals surface area contributed by atoms with Crippen LogP contribution in [0.2, 0.25) is 0 Å². The summed E-state index contributed by atoms with van der Waals surface area (Å²) in [6, 6.07) is 10.1. The van der Waals surface area contributed by atoms with Gasteiger partial charge >= 0.3 is 0 Å². The number of hydrogen-bond acceptors (Lipinski definition) is 5. The average molecular weight is 356 g/mol. The lowest BCUT2D eigenvalue weighted by Gasteiger charge is -2.22. The molecule has 2 aromatic carbocycles. The van der Waals surface area contributed by atoms with E-state index in [9.17, 15) is 15.0 Å². The number of hydrogen-bond donors (Lipinski definition) is 2.